The van der Waals surface area contributed by atoms with E-state index in [-0.39, 0.29) is 17.8 Å². The first kappa shape index (κ1) is 19.1. The molecule has 0 atom stereocenters. The van der Waals surface area contributed by atoms with Crippen LogP contribution in [0.3, 0.4) is 0 Å². The number of hydrogen-bond donors (Lipinski definition) is 1. The van der Waals surface area contributed by atoms with Gasteiger partial charge in [-0.15, -0.1) is 0 Å². The fourth-order valence-corrected chi connectivity index (χ4v) is 2.93. The van der Waals surface area contributed by atoms with Crippen LogP contribution in [0.5, 0.6) is 0 Å². The predicted octanol–water partition coefficient (Wildman–Crippen LogP) is 2.08. The average molecular weight is 349 g/mol. The number of nitrogens with one attached hydrogen (secondary N) is 1. The smallest absolute Gasteiger partial charge is 0.320 e. The van der Waals surface area contributed by atoms with Crippen LogP contribution in [0.1, 0.15) is 12.8 Å². The first-order chi connectivity index (χ1) is 11.9. The summed E-state index contributed by atoms with van der Waals surface area (Å²) in [4.78, 5) is 29.3. The van der Waals surface area contributed by atoms with Crippen LogP contribution in [-0.2, 0) is 0 Å². The Morgan fingerprint density at radius 3 is 2.36 bits per heavy atom. The minimum atomic E-state index is -0.451. The summed E-state index contributed by atoms with van der Waals surface area (Å²) in [5.41, 5.74) is 0.580. The summed E-state index contributed by atoms with van der Waals surface area (Å²) in [5, 5.41) is 13.6. The third kappa shape index (κ3) is 5.68. The van der Waals surface area contributed by atoms with Crippen molar-refractivity contribution in [2.75, 3.05) is 52.6 Å². The van der Waals surface area contributed by atoms with Crippen molar-refractivity contribution in [2.45, 2.75) is 18.9 Å². The summed E-state index contributed by atoms with van der Waals surface area (Å²) >= 11 is 0. The van der Waals surface area contributed by atoms with Crippen molar-refractivity contribution >= 4 is 17.4 Å². The number of amides is 2. The second kappa shape index (κ2) is 8.77. The van der Waals surface area contributed by atoms with E-state index in [9.17, 15) is 14.9 Å². The molecule has 25 heavy (non-hydrogen) atoms. The number of nitro benzene ring substituents is 1. The summed E-state index contributed by atoms with van der Waals surface area (Å²) in [7, 11) is 6.07. The number of carbonyl (C=O) groups is 1. The molecule has 1 N–H and O–H groups in total. The van der Waals surface area contributed by atoms with Gasteiger partial charge < -0.3 is 20.0 Å². The highest BCUT2D eigenvalue weighted by molar-refractivity contribution is 5.89. The molecule has 1 heterocycles. The third-order valence-electron chi connectivity index (χ3n) is 4.51. The van der Waals surface area contributed by atoms with Gasteiger partial charge in [0.2, 0.25) is 0 Å². The normalized spacial score (nSPS) is 16.0. The molecule has 0 radical (unpaired) electrons. The SMILES string of the molecule is CN(C)CCN(C(=O)Nc1ccc([N+](=O)[O-])cc1)C1CCN(C)CC1. The Labute approximate surface area is 148 Å². The maximum absolute atomic E-state index is 12.8. The lowest BCUT2D eigenvalue weighted by Gasteiger charge is -2.37. The van der Waals surface area contributed by atoms with Crippen molar-refractivity contribution in [1.82, 2.24) is 14.7 Å². The minimum absolute atomic E-state index is 0.0118. The van der Waals surface area contributed by atoms with Gasteiger partial charge in [-0.1, -0.05) is 0 Å². The Balaban J connectivity index is 2.04. The lowest BCUT2D eigenvalue weighted by molar-refractivity contribution is -0.384. The van der Waals surface area contributed by atoms with Crippen LogP contribution < -0.4 is 5.32 Å². The van der Waals surface area contributed by atoms with Crippen molar-refractivity contribution in [3.63, 3.8) is 0 Å². The van der Waals surface area contributed by atoms with Crippen molar-refractivity contribution in [3.05, 3.63) is 34.4 Å². The highest BCUT2D eigenvalue weighted by atomic mass is 16.6. The monoisotopic (exact) mass is 349 g/mol. The van der Waals surface area contributed by atoms with Gasteiger partial charge in [-0.2, -0.15) is 0 Å². The highest BCUT2D eigenvalue weighted by Crippen LogP contribution is 2.19. The van der Waals surface area contributed by atoms with E-state index in [0.29, 0.717) is 12.2 Å². The van der Waals surface area contributed by atoms with E-state index in [2.05, 4.69) is 22.2 Å². The summed E-state index contributed by atoms with van der Waals surface area (Å²) in [6.07, 6.45) is 1.91. The molecule has 0 saturated carbocycles. The van der Waals surface area contributed by atoms with Crippen LogP contribution in [0.25, 0.3) is 0 Å². The van der Waals surface area contributed by atoms with Crippen LogP contribution >= 0.6 is 0 Å². The topological polar surface area (TPSA) is 82.0 Å². The number of hydrogen-bond acceptors (Lipinski definition) is 5. The number of carbonyl (C=O) groups excluding carboxylic acids is 1. The van der Waals surface area contributed by atoms with Gasteiger partial charge in [0.15, 0.2) is 0 Å². The van der Waals surface area contributed by atoms with Crippen LogP contribution in [0.15, 0.2) is 24.3 Å². The molecule has 8 nitrogen and oxygen atoms in total. The molecule has 0 unspecified atom stereocenters. The van der Waals surface area contributed by atoms with Crippen molar-refractivity contribution in [2.24, 2.45) is 0 Å². The maximum Gasteiger partial charge on any atom is 0.322 e. The molecule has 2 rings (SSSR count). The third-order valence-corrected chi connectivity index (χ3v) is 4.51. The standard InChI is InChI=1S/C17H27N5O3/c1-19(2)12-13-21(15-8-10-20(3)11-9-15)17(23)18-14-4-6-16(7-5-14)22(24)25/h4-7,15H,8-13H2,1-3H3,(H,18,23). The van der Waals surface area contributed by atoms with E-state index < -0.39 is 4.92 Å². The number of anilines is 1. The van der Waals surface area contributed by atoms with Gasteiger partial charge >= 0.3 is 6.03 Å². The zero-order valence-electron chi connectivity index (χ0n) is 15.1. The Bertz CT molecular complexity index is 582. The Morgan fingerprint density at radius 1 is 1.24 bits per heavy atom. The molecule has 0 aliphatic carbocycles. The van der Waals surface area contributed by atoms with E-state index in [1.54, 1.807) is 12.1 Å². The number of piperidine rings is 1. The zero-order chi connectivity index (χ0) is 18.4. The predicted molar refractivity (Wildman–Crippen MR) is 97.9 cm³/mol. The number of likely N-dealkylation sites (N-methyl/N-ethyl adjacent to an activating group) is 1. The van der Waals surface area contributed by atoms with E-state index in [4.69, 9.17) is 0 Å². The average Bonchev–Trinajstić information content (AvgIpc) is 2.57. The minimum Gasteiger partial charge on any atom is -0.320 e. The molecule has 1 aromatic carbocycles. The molecule has 0 bridgehead atoms. The van der Waals surface area contributed by atoms with Crippen molar-refractivity contribution in [1.29, 1.82) is 0 Å². The molecule has 0 aromatic heterocycles. The van der Waals surface area contributed by atoms with E-state index in [1.165, 1.54) is 12.1 Å². The second-order valence-electron chi connectivity index (χ2n) is 6.77. The summed E-state index contributed by atoms with van der Waals surface area (Å²) in [6.45, 7) is 3.40. The molecule has 1 aliphatic heterocycles. The fourth-order valence-electron chi connectivity index (χ4n) is 2.93. The first-order valence-corrected chi connectivity index (χ1v) is 8.52. The number of nitro groups is 1. The lowest BCUT2D eigenvalue weighted by atomic mass is 10.0. The number of urea groups is 1. The number of non-ortho nitro benzene ring substituents is 1. The molecule has 1 aromatic rings. The number of likely N-dealkylation sites (tertiary alicyclic amines) is 1. The Morgan fingerprint density at radius 2 is 1.84 bits per heavy atom. The van der Waals surface area contributed by atoms with Gasteiger partial charge in [-0.3, -0.25) is 10.1 Å². The summed E-state index contributed by atoms with van der Waals surface area (Å²) in [5.74, 6) is 0. The fraction of sp³-hybridized carbons (Fsp3) is 0.588. The Kier molecular flexibility index (Phi) is 6.72. The molecule has 2 amide bonds. The van der Waals surface area contributed by atoms with Crippen molar-refractivity contribution < 1.29 is 9.72 Å². The number of nitrogens with zero attached hydrogens (tertiary/aromatic N) is 4. The zero-order valence-corrected chi connectivity index (χ0v) is 15.1. The molecular formula is C17H27N5O3. The molecule has 138 valence electrons. The van der Waals surface area contributed by atoms with E-state index in [0.717, 1.165) is 32.5 Å². The highest BCUT2D eigenvalue weighted by Gasteiger charge is 2.27. The van der Waals surface area contributed by atoms with Gasteiger partial charge in [-0.05, 0) is 59.2 Å². The largest absolute Gasteiger partial charge is 0.322 e. The molecule has 1 fully saturated rings. The van der Waals surface area contributed by atoms with Crippen LogP contribution in [-0.4, -0.2) is 79.0 Å². The number of benzene rings is 1. The second-order valence-corrected chi connectivity index (χ2v) is 6.77. The summed E-state index contributed by atoms with van der Waals surface area (Å²) in [6, 6.07) is 5.99. The van der Waals surface area contributed by atoms with Gasteiger partial charge in [-0.25, -0.2) is 4.79 Å². The van der Waals surface area contributed by atoms with E-state index in [1.807, 2.05) is 19.0 Å². The van der Waals surface area contributed by atoms with Crippen molar-refractivity contribution in [3.8, 4) is 0 Å². The molecular weight excluding hydrogens is 322 g/mol. The maximum atomic E-state index is 12.8. The first-order valence-electron chi connectivity index (χ1n) is 8.52. The molecule has 8 heteroatoms. The van der Waals surface area contributed by atoms with Gasteiger partial charge in [0, 0.05) is 37.0 Å². The van der Waals surface area contributed by atoms with Gasteiger partial charge in [0.05, 0.1) is 4.92 Å². The van der Waals surface area contributed by atoms with Crippen LogP contribution in [0.4, 0.5) is 16.2 Å². The quantitative estimate of drug-likeness (QED) is 0.628. The van der Waals surface area contributed by atoms with Crippen LogP contribution in [0.2, 0.25) is 0 Å². The molecule has 0 spiro atoms. The molecule has 1 saturated heterocycles. The molecule has 1 aliphatic rings. The van der Waals surface area contributed by atoms with Gasteiger partial charge in [0.25, 0.3) is 5.69 Å². The summed E-state index contributed by atoms with van der Waals surface area (Å²) < 4.78 is 0. The lowest BCUT2D eigenvalue weighted by Crippen LogP contribution is -2.50. The number of rotatable bonds is 6. The van der Waals surface area contributed by atoms with Crippen LogP contribution in [0, 0.1) is 10.1 Å². The Hall–Kier alpha value is -2.19. The van der Waals surface area contributed by atoms with E-state index >= 15 is 0 Å². The van der Waals surface area contributed by atoms with Gasteiger partial charge in [0.1, 0.15) is 0 Å².